The van der Waals surface area contributed by atoms with Crippen LogP contribution in [0.4, 0.5) is 0 Å². The topological polar surface area (TPSA) is 80.7 Å². The van der Waals surface area contributed by atoms with Gasteiger partial charge in [0.15, 0.2) is 9.84 Å². The fourth-order valence-corrected chi connectivity index (χ4v) is 4.13. The first-order chi connectivity index (χ1) is 9.29. The molecule has 7 heteroatoms. The molecule has 1 aromatic rings. The highest BCUT2D eigenvalue weighted by molar-refractivity contribution is 9.10. The standard InChI is InChI=1S/C13H15BrO5S/c1-8-2-3-9(19-8)7-20(17,18)10-4-5-12(14)11(6-10)13(15)16/h4-6,8-9H,2-3,7H2,1H3,(H,15,16). The summed E-state index contributed by atoms with van der Waals surface area (Å²) in [6.45, 7) is 1.91. The molecule has 0 amide bonds. The molecule has 1 aliphatic heterocycles. The van der Waals surface area contributed by atoms with Crippen LogP contribution in [-0.4, -0.2) is 37.5 Å². The van der Waals surface area contributed by atoms with Gasteiger partial charge in [-0.2, -0.15) is 0 Å². The molecule has 0 aromatic heterocycles. The van der Waals surface area contributed by atoms with Gasteiger partial charge in [-0.25, -0.2) is 13.2 Å². The Morgan fingerprint density at radius 3 is 2.70 bits per heavy atom. The molecule has 0 spiro atoms. The molecular weight excluding hydrogens is 348 g/mol. The number of hydrogen-bond donors (Lipinski definition) is 1. The Kier molecular flexibility index (Phi) is 4.51. The van der Waals surface area contributed by atoms with Crippen molar-refractivity contribution in [1.29, 1.82) is 0 Å². The zero-order chi connectivity index (χ0) is 14.9. The van der Waals surface area contributed by atoms with Gasteiger partial charge in [-0.05, 0) is 53.9 Å². The minimum absolute atomic E-state index is 0.0150. The lowest BCUT2D eigenvalue weighted by Gasteiger charge is -2.12. The highest BCUT2D eigenvalue weighted by atomic mass is 79.9. The van der Waals surface area contributed by atoms with E-state index in [0.717, 1.165) is 6.42 Å². The van der Waals surface area contributed by atoms with Crippen LogP contribution >= 0.6 is 15.9 Å². The van der Waals surface area contributed by atoms with Gasteiger partial charge in [-0.3, -0.25) is 0 Å². The normalized spacial score (nSPS) is 22.9. The van der Waals surface area contributed by atoms with Gasteiger partial charge >= 0.3 is 5.97 Å². The average molecular weight is 363 g/mol. The Labute approximate surface area is 126 Å². The summed E-state index contributed by atoms with van der Waals surface area (Å²) >= 11 is 3.09. The fraction of sp³-hybridized carbons (Fsp3) is 0.462. The highest BCUT2D eigenvalue weighted by Gasteiger charge is 2.28. The van der Waals surface area contributed by atoms with E-state index >= 15 is 0 Å². The van der Waals surface area contributed by atoms with E-state index < -0.39 is 15.8 Å². The first-order valence-electron chi connectivity index (χ1n) is 6.20. The number of halogens is 1. The van der Waals surface area contributed by atoms with Crippen molar-refractivity contribution >= 4 is 31.7 Å². The van der Waals surface area contributed by atoms with Gasteiger partial charge in [0.2, 0.25) is 0 Å². The van der Waals surface area contributed by atoms with E-state index in [4.69, 9.17) is 9.84 Å². The maximum atomic E-state index is 12.3. The van der Waals surface area contributed by atoms with Gasteiger partial charge in [0.1, 0.15) is 0 Å². The van der Waals surface area contributed by atoms with Crippen LogP contribution in [0, 0.1) is 0 Å². The number of carbonyl (C=O) groups is 1. The zero-order valence-corrected chi connectivity index (χ0v) is 13.3. The second kappa shape index (κ2) is 5.83. The Morgan fingerprint density at radius 2 is 2.15 bits per heavy atom. The van der Waals surface area contributed by atoms with Crippen molar-refractivity contribution in [2.45, 2.75) is 36.9 Å². The van der Waals surface area contributed by atoms with Crippen LogP contribution in [0.15, 0.2) is 27.6 Å². The molecule has 0 radical (unpaired) electrons. The lowest BCUT2D eigenvalue weighted by molar-refractivity contribution is 0.0688. The van der Waals surface area contributed by atoms with Crippen molar-refractivity contribution in [2.24, 2.45) is 0 Å². The monoisotopic (exact) mass is 362 g/mol. The molecule has 0 aliphatic carbocycles. The van der Waals surface area contributed by atoms with Gasteiger partial charge in [0.25, 0.3) is 0 Å². The molecule has 2 unspecified atom stereocenters. The smallest absolute Gasteiger partial charge is 0.336 e. The van der Waals surface area contributed by atoms with Gasteiger partial charge < -0.3 is 9.84 Å². The second-order valence-corrected chi connectivity index (χ2v) is 7.76. The van der Waals surface area contributed by atoms with Crippen molar-refractivity contribution in [3.8, 4) is 0 Å². The van der Waals surface area contributed by atoms with Crippen LogP contribution < -0.4 is 0 Å². The Bertz CT molecular complexity index is 626. The minimum atomic E-state index is -3.55. The zero-order valence-electron chi connectivity index (χ0n) is 10.9. The Morgan fingerprint density at radius 1 is 1.45 bits per heavy atom. The summed E-state index contributed by atoms with van der Waals surface area (Å²) in [7, 11) is -3.55. The number of sulfone groups is 1. The summed E-state index contributed by atoms with van der Waals surface area (Å²) < 4.78 is 30.5. The number of aromatic carboxylic acids is 1. The largest absolute Gasteiger partial charge is 0.478 e. The first-order valence-corrected chi connectivity index (χ1v) is 8.65. The van der Waals surface area contributed by atoms with Crippen LogP contribution in [-0.2, 0) is 14.6 Å². The summed E-state index contributed by atoms with van der Waals surface area (Å²) in [5.41, 5.74) is -0.0632. The number of hydrogen-bond acceptors (Lipinski definition) is 4. The van der Waals surface area contributed by atoms with Crippen LogP contribution in [0.2, 0.25) is 0 Å². The average Bonchev–Trinajstić information content (AvgIpc) is 2.73. The van der Waals surface area contributed by atoms with Gasteiger partial charge in [0, 0.05) is 4.47 Å². The maximum Gasteiger partial charge on any atom is 0.336 e. The summed E-state index contributed by atoms with van der Waals surface area (Å²) in [6.07, 6.45) is 1.32. The lowest BCUT2D eigenvalue weighted by atomic mass is 10.2. The Balaban J connectivity index is 2.25. The molecule has 1 N–H and O–H groups in total. The van der Waals surface area contributed by atoms with Crippen molar-refractivity contribution in [1.82, 2.24) is 0 Å². The molecular formula is C13H15BrO5S. The predicted molar refractivity (Wildman–Crippen MR) is 76.7 cm³/mol. The predicted octanol–water partition coefficient (Wildman–Crippen LogP) is 2.49. The lowest BCUT2D eigenvalue weighted by Crippen LogP contribution is -2.21. The van der Waals surface area contributed by atoms with Crippen molar-refractivity contribution in [3.05, 3.63) is 28.2 Å². The van der Waals surface area contributed by atoms with E-state index in [1.807, 2.05) is 6.92 Å². The highest BCUT2D eigenvalue weighted by Crippen LogP contribution is 2.25. The molecule has 1 saturated heterocycles. The van der Waals surface area contributed by atoms with E-state index in [1.165, 1.54) is 18.2 Å². The third-order valence-corrected chi connectivity index (χ3v) is 5.73. The second-order valence-electron chi connectivity index (χ2n) is 4.87. The van der Waals surface area contributed by atoms with E-state index in [1.54, 1.807) is 0 Å². The van der Waals surface area contributed by atoms with Gasteiger partial charge in [-0.15, -0.1) is 0 Å². The molecule has 1 fully saturated rings. The quantitative estimate of drug-likeness (QED) is 0.889. The summed E-state index contributed by atoms with van der Waals surface area (Å²) in [4.78, 5) is 11.1. The Hall–Kier alpha value is -0.920. The third kappa shape index (κ3) is 3.39. The summed E-state index contributed by atoms with van der Waals surface area (Å²) in [6, 6.07) is 4.03. The van der Waals surface area contributed by atoms with E-state index in [-0.39, 0.29) is 28.4 Å². The van der Waals surface area contributed by atoms with Crippen LogP contribution in [0.5, 0.6) is 0 Å². The molecule has 1 aromatic carbocycles. The molecule has 20 heavy (non-hydrogen) atoms. The van der Waals surface area contributed by atoms with E-state index in [0.29, 0.717) is 10.9 Å². The number of carboxylic acids is 1. The van der Waals surface area contributed by atoms with Gasteiger partial charge in [-0.1, -0.05) is 0 Å². The van der Waals surface area contributed by atoms with Crippen LogP contribution in [0.3, 0.4) is 0 Å². The molecule has 2 atom stereocenters. The third-order valence-electron chi connectivity index (χ3n) is 3.25. The molecule has 0 bridgehead atoms. The van der Waals surface area contributed by atoms with Crippen LogP contribution in [0.1, 0.15) is 30.1 Å². The van der Waals surface area contributed by atoms with Gasteiger partial charge in [0.05, 0.1) is 28.4 Å². The van der Waals surface area contributed by atoms with E-state index in [2.05, 4.69) is 15.9 Å². The number of ether oxygens (including phenoxy) is 1. The first kappa shape index (κ1) is 15.5. The SMILES string of the molecule is CC1CCC(CS(=O)(=O)c2ccc(Br)c(C(=O)O)c2)O1. The van der Waals surface area contributed by atoms with Crippen molar-refractivity contribution in [3.63, 3.8) is 0 Å². The molecule has 0 saturated carbocycles. The van der Waals surface area contributed by atoms with Crippen LogP contribution in [0.25, 0.3) is 0 Å². The molecule has 110 valence electrons. The molecule has 5 nitrogen and oxygen atoms in total. The molecule has 1 heterocycles. The van der Waals surface area contributed by atoms with Crippen molar-refractivity contribution in [2.75, 3.05) is 5.75 Å². The minimum Gasteiger partial charge on any atom is -0.478 e. The number of carboxylic acid groups (broad SMARTS) is 1. The fourth-order valence-electron chi connectivity index (χ4n) is 2.21. The summed E-state index contributed by atoms with van der Waals surface area (Å²) in [5, 5.41) is 9.03. The molecule has 1 aliphatic rings. The molecule has 2 rings (SSSR count). The maximum absolute atomic E-state index is 12.3. The van der Waals surface area contributed by atoms with E-state index in [9.17, 15) is 13.2 Å². The van der Waals surface area contributed by atoms with Crippen molar-refractivity contribution < 1.29 is 23.1 Å². The summed E-state index contributed by atoms with van der Waals surface area (Å²) in [5.74, 6) is -1.28. The number of rotatable bonds is 4. The number of benzene rings is 1.